The molecule has 2 amide bonds. The van der Waals surface area contributed by atoms with Gasteiger partial charge < -0.3 is 18.8 Å². The molecule has 0 aliphatic heterocycles. The van der Waals surface area contributed by atoms with E-state index in [1.807, 2.05) is 0 Å². The minimum atomic E-state index is -5.09. The van der Waals surface area contributed by atoms with E-state index < -0.39 is 45.3 Å². The van der Waals surface area contributed by atoms with Crippen molar-refractivity contribution in [3.8, 4) is 5.75 Å². The van der Waals surface area contributed by atoms with Crippen molar-refractivity contribution in [2.75, 3.05) is 11.1 Å². The van der Waals surface area contributed by atoms with E-state index in [1.165, 1.54) is 49.6 Å². The first kappa shape index (κ1) is 27.9. The molecule has 0 spiro atoms. The molecule has 3 aromatic rings. The summed E-state index contributed by atoms with van der Waals surface area (Å²) in [6, 6.07) is 8.43. The third kappa shape index (κ3) is 7.90. The summed E-state index contributed by atoms with van der Waals surface area (Å²) in [4.78, 5) is 14.1. The van der Waals surface area contributed by atoms with Gasteiger partial charge in [0.15, 0.2) is 0 Å². The Hall–Kier alpha value is -3.68. The lowest BCUT2D eigenvalue weighted by molar-refractivity contribution is -0.143. The van der Waals surface area contributed by atoms with Crippen LogP contribution in [0.5, 0.6) is 5.75 Å². The smallest absolute Gasteiger partial charge is 0.416 e. The van der Waals surface area contributed by atoms with E-state index in [4.69, 9.17) is 8.60 Å². The first-order chi connectivity index (χ1) is 17.2. The maximum absolute atomic E-state index is 13.2. The third-order valence-electron chi connectivity index (χ3n) is 4.90. The molecule has 0 fully saturated rings. The number of nitrogens with zero attached hydrogens (tertiary/aromatic N) is 1. The van der Waals surface area contributed by atoms with Crippen LogP contribution in [-0.4, -0.2) is 25.1 Å². The number of benzene rings is 2. The molecular weight excluding hydrogens is 530 g/mol. The van der Waals surface area contributed by atoms with Gasteiger partial charge >= 0.3 is 28.5 Å². The van der Waals surface area contributed by atoms with Crippen molar-refractivity contribution in [2.45, 2.75) is 32.4 Å². The van der Waals surface area contributed by atoms with E-state index in [0.29, 0.717) is 17.7 Å². The second kappa shape index (κ2) is 10.7. The molecule has 1 N–H and O–H groups in total. The van der Waals surface area contributed by atoms with Crippen molar-refractivity contribution in [1.82, 2.24) is 4.90 Å². The number of hydrogen-bond donors (Lipinski definition) is 1. The van der Waals surface area contributed by atoms with Gasteiger partial charge in [-0.15, -0.1) is 0 Å². The van der Waals surface area contributed by atoms with Crippen LogP contribution < -0.4 is 9.50 Å². The van der Waals surface area contributed by atoms with Crippen LogP contribution in [0.2, 0.25) is 0 Å². The third-order valence-corrected chi connectivity index (χ3v) is 6.06. The van der Waals surface area contributed by atoms with Gasteiger partial charge in [0.2, 0.25) is 0 Å². The molecule has 0 saturated carbocycles. The van der Waals surface area contributed by atoms with Crippen LogP contribution in [0.1, 0.15) is 29.4 Å². The minimum Gasteiger partial charge on any atom is -0.467 e. The molecule has 0 aliphatic carbocycles. The Morgan fingerprint density at radius 3 is 2.14 bits per heavy atom. The summed E-state index contributed by atoms with van der Waals surface area (Å²) in [7, 11) is -3.84. The molecule has 2 aromatic carbocycles. The van der Waals surface area contributed by atoms with Crippen LogP contribution in [-0.2, 0) is 35.6 Å². The number of carbonyl (C=O) groups excluding carboxylic acids is 1. The monoisotopic (exact) mass is 550 g/mol. The van der Waals surface area contributed by atoms with Crippen LogP contribution in [0.15, 0.2) is 65.3 Å². The molecule has 1 aromatic heterocycles. The number of rotatable bonds is 8. The number of hydrogen-bond acceptors (Lipinski definition) is 5. The van der Waals surface area contributed by atoms with Gasteiger partial charge in [-0.25, -0.2) is 4.79 Å². The number of nitrogens with one attached hydrogen (secondary N) is 1. The first-order valence-corrected chi connectivity index (χ1v) is 12.1. The van der Waals surface area contributed by atoms with Crippen LogP contribution in [0.4, 0.5) is 36.8 Å². The number of alkyl halides is 6. The van der Waals surface area contributed by atoms with E-state index in [1.54, 1.807) is 0 Å². The standard InChI is InChI=1S/C23H20F6N2O5S/c1-2-37(33,34)36-19-6-3-5-15(9-19)13-31(14-20-7-4-8-35-20)21(32)30-18-11-16(22(24,25)26)10-17(12-18)23(27,28)29/h3-12H,2,13-14H2,1H3,(H,30,32). The molecule has 14 heteroatoms. The van der Waals surface area contributed by atoms with E-state index in [2.05, 4.69) is 5.32 Å². The molecule has 37 heavy (non-hydrogen) atoms. The lowest BCUT2D eigenvalue weighted by atomic mass is 10.1. The molecule has 0 atom stereocenters. The number of halogens is 6. The Morgan fingerprint density at radius 1 is 0.946 bits per heavy atom. The van der Waals surface area contributed by atoms with Crippen molar-refractivity contribution in [1.29, 1.82) is 0 Å². The zero-order chi connectivity index (χ0) is 27.4. The molecule has 1 heterocycles. The highest BCUT2D eigenvalue weighted by Gasteiger charge is 2.37. The second-order valence-corrected chi connectivity index (χ2v) is 9.60. The Bertz CT molecular complexity index is 1310. The maximum Gasteiger partial charge on any atom is 0.416 e. The van der Waals surface area contributed by atoms with E-state index in [0.717, 1.165) is 4.90 Å². The SMILES string of the molecule is CCS(=O)(=O)Oc1cccc(CN(Cc2ccco2)C(=O)Nc2cc(C(F)(F)F)cc(C(F)(F)F)c2)c1. The number of carbonyl (C=O) groups is 1. The lowest BCUT2D eigenvalue weighted by Crippen LogP contribution is -2.34. The molecule has 0 saturated heterocycles. The Morgan fingerprint density at radius 2 is 1.59 bits per heavy atom. The fourth-order valence-electron chi connectivity index (χ4n) is 3.14. The van der Waals surface area contributed by atoms with Gasteiger partial charge in [0, 0.05) is 12.2 Å². The average molecular weight is 550 g/mol. The average Bonchev–Trinajstić information content (AvgIpc) is 3.30. The van der Waals surface area contributed by atoms with Crippen molar-refractivity contribution < 1.29 is 48.2 Å². The molecule has 3 rings (SSSR count). The quantitative estimate of drug-likeness (QED) is 0.264. The van der Waals surface area contributed by atoms with Gasteiger partial charge in [-0.3, -0.25) is 0 Å². The van der Waals surface area contributed by atoms with Gasteiger partial charge in [0.05, 0.1) is 29.7 Å². The normalized spacial score (nSPS) is 12.3. The fourth-order valence-corrected chi connectivity index (χ4v) is 3.66. The van der Waals surface area contributed by atoms with Gasteiger partial charge in [0.25, 0.3) is 0 Å². The van der Waals surface area contributed by atoms with Crippen LogP contribution in [0, 0.1) is 0 Å². The molecule has 200 valence electrons. The van der Waals surface area contributed by atoms with Crippen LogP contribution in [0.3, 0.4) is 0 Å². The molecule has 0 bridgehead atoms. The lowest BCUT2D eigenvalue weighted by Gasteiger charge is -2.23. The fraction of sp³-hybridized carbons (Fsp3) is 0.261. The molecule has 0 unspecified atom stereocenters. The number of anilines is 1. The summed E-state index contributed by atoms with van der Waals surface area (Å²) in [5.41, 5.74) is -3.53. The summed E-state index contributed by atoms with van der Waals surface area (Å²) in [6.45, 7) is 0.954. The van der Waals surface area contributed by atoms with Gasteiger partial charge in [-0.1, -0.05) is 12.1 Å². The summed E-state index contributed by atoms with van der Waals surface area (Å²) < 4.78 is 113. The topological polar surface area (TPSA) is 88.9 Å². The number of furan rings is 1. The number of amides is 2. The Balaban J connectivity index is 1.91. The molecule has 7 nitrogen and oxygen atoms in total. The van der Waals surface area contributed by atoms with Gasteiger partial charge in [0.1, 0.15) is 11.5 Å². The summed E-state index contributed by atoms with van der Waals surface area (Å²) in [5.74, 6) is -0.0530. The second-order valence-electron chi connectivity index (χ2n) is 7.74. The van der Waals surface area contributed by atoms with Crippen molar-refractivity contribution in [2.24, 2.45) is 0 Å². The number of urea groups is 1. The van der Waals surface area contributed by atoms with Crippen molar-refractivity contribution >= 4 is 21.8 Å². The predicted octanol–water partition coefficient (Wildman–Crippen LogP) is 6.28. The van der Waals surface area contributed by atoms with Crippen molar-refractivity contribution in [3.63, 3.8) is 0 Å². The summed E-state index contributed by atoms with van der Waals surface area (Å²) >= 11 is 0. The Labute approximate surface area is 207 Å². The summed E-state index contributed by atoms with van der Waals surface area (Å²) in [6.07, 6.45) is -8.86. The largest absolute Gasteiger partial charge is 0.467 e. The molecule has 0 radical (unpaired) electrons. The highest BCUT2D eigenvalue weighted by Crippen LogP contribution is 2.37. The van der Waals surface area contributed by atoms with Crippen LogP contribution in [0.25, 0.3) is 0 Å². The molecule has 0 aliphatic rings. The van der Waals surface area contributed by atoms with E-state index in [9.17, 15) is 39.6 Å². The van der Waals surface area contributed by atoms with E-state index in [-0.39, 0.29) is 36.4 Å². The predicted molar refractivity (Wildman–Crippen MR) is 120 cm³/mol. The zero-order valence-corrected chi connectivity index (χ0v) is 19.9. The van der Waals surface area contributed by atoms with E-state index >= 15 is 0 Å². The summed E-state index contributed by atoms with van der Waals surface area (Å²) in [5, 5.41) is 2.08. The Kier molecular flexibility index (Phi) is 8.10. The maximum atomic E-state index is 13.2. The van der Waals surface area contributed by atoms with Crippen molar-refractivity contribution in [3.05, 3.63) is 83.3 Å². The highest BCUT2D eigenvalue weighted by molar-refractivity contribution is 7.87. The molecular formula is C23H20F6N2O5S. The highest BCUT2D eigenvalue weighted by atomic mass is 32.2. The van der Waals surface area contributed by atoms with Gasteiger partial charge in [-0.2, -0.15) is 34.8 Å². The minimum absolute atomic E-state index is 0.0367. The van der Waals surface area contributed by atoms with Crippen LogP contribution >= 0.6 is 0 Å². The zero-order valence-electron chi connectivity index (χ0n) is 19.1. The first-order valence-electron chi connectivity index (χ1n) is 10.5. The van der Waals surface area contributed by atoms with Gasteiger partial charge in [-0.05, 0) is 55.0 Å².